The van der Waals surface area contributed by atoms with Gasteiger partial charge < -0.3 is 23.5 Å². The van der Waals surface area contributed by atoms with Crippen LogP contribution in [-0.2, 0) is 17.9 Å². The molecule has 8 nitrogen and oxygen atoms in total. The SMILES string of the molecule is COc1ccc(-c2noc(CN3CCC(OCc4ccccc4)CC3)n2)c(OC)c1OC. The molecule has 1 saturated heterocycles. The van der Waals surface area contributed by atoms with Gasteiger partial charge in [0.15, 0.2) is 11.5 Å². The minimum absolute atomic E-state index is 0.278. The molecule has 0 unspecified atom stereocenters. The summed E-state index contributed by atoms with van der Waals surface area (Å²) >= 11 is 0. The van der Waals surface area contributed by atoms with Crippen molar-refractivity contribution in [3.63, 3.8) is 0 Å². The topological polar surface area (TPSA) is 79.1 Å². The number of benzene rings is 2. The minimum Gasteiger partial charge on any atom is -0.493 e. The molecule has 170 valence electrons. The van der Waals surface area contributed by atoms with Gasteiger partial charge in [-0.1, -0.05) is 35.5 Å². The smallest absolute Gasteiger partial charge is 0.241 e. The summed E-state index contributed by atoms with van der Waals surface area (Å²) in [7, 11) is 4.73. The van der Waals surface area contributed by atoms with Crippen molar-refractivity contribution in [1.82, 2.24) is 15.0 Å². The molecule has 8 heteroatoms. The summed E-state index contributed by atoms with van der Waals surface area (Å²) in [5.41, 5.74) is 1.90. The maximum absolute atomic E-state index is 6.08. The molecule has 2 heterocycles. The number of ether oxygens (including phenoxy) is 4. The molecular formula is C24H29N3O5. The first kappa shape index (κ1) is 22.1. The van der Waals surface area contributed by atoms with Crippen molar-refractivity contribution in [3.05, 3.63) is 53.9 Å². The Morgan fingerprint density at radius 3 is 2.38 bits per heavy atom. The molecule has 0 amide bonds. The molecular weight excluding hydrogens is 410 g/mol. The Morgan fingerprint density at radius 2 is 1.69 bits per heavy atom. The minimum atomic E-state index is 0.278. The second kappa shape index (κ2) is 10.5. The first-order valence-corrected chi connectivity index (χ1v) is 10.7. The molecule has 0 N–H and O–H groups in total. The van der Waals surface area contributed by atoms with Crippen LogP contribution < -0.4 is 14.2 Å². The summed E-state index contributed by atoms with van der Waals surface area (Å²) in [6, 6.07) is 13.9. The van der Waals surface area contributed by atoms with Gasteiger partial charge in [0.05, 0.1) is 46.1 Å². The molecule has 0 spiro atoms. The predicted molar refractivity (Wildman–Crippen MR) is 119 cm³/mol. The van der Waals surface area contributed by atoms with Gasteiger partial charge in [-0.2, -0.15) is 4.98 Å². The molecule has 2 aromatic carbocycles. The highest BCUT2D eigenvalue weighted by Crippen LogP contribution is 2.43. The van der Waals surface area contributed by atoms with Crippen LogP contribution in [0, 0.1) is 0 Å². The molecule has 0 saturated carbocycles. The van der Waals surface area contributed by atoms with Crippen molar-refractivity contribution < 1.29 is 23.5 Å². The fourth-order valence-electron chi connectivity index (χ4n) is 3.92. The fraction of sp³-hybridized carbons (Fsp3) is 0.417. The van der Waals surface area contributed by atoms with Crippen molar-refractivity contribution in [2.75, 3.05) is 34.4 Å². The zero-order chi connectivity index (χ0) is 22.3. The molecule has 0 radical (unpaired) electrons. The Hall–Kier alpha value is -3.10. The monoisotopic (exact) mass is 439 g/mol. The number of rotatable bonds is 9. The number of likely N-dealkylation sites (tertiary alicyclic amines) is 1. The Bertz CT molecular complexity index is 1000. The second-order valence-corrected chi connectivity index (χ2v) is 7.67. The van der Waals surface area contributed by atoms with Crippen molar-refractivity contribution in [2.24, 2.45) is 0 Å². The van der Waals surface area contributed by atoms with E-state index in [1.165, 1.54) is 5.56 Å². The van der Waals surface area contributed by atoms with E-state index >= 15 is 0 Å². The summed E-state index contributed by atoms with van der Waals surface area (Å²) in [5.74, 6) is 2.61. The lowest BCUT2D eigenvalue weighted by Crippen LogP contribution is -2.36. The van der Waals surface area contributed by atoms with Crippen LogP contribution in [0.1, 0.15) is 24.3 Å². The average molecular weight is 440 g/mol. The molecule has 3 aromatic rings. The van der Waals surface area contributed by atoms with Crippen LogP contribution in [0.4, 0.5) is 0 Å². The lowest BCUT2D eigenvalue weighted by atomic mass is 10.1. The fourth-order valence-corrected chi connectivity index (χ4v) is 3.92. The highest BCUT2D eigenvalue weighted by Gasteiger charge is 2.24. The van der Waals surface area contributed by atoms with Crippen LogP contribution in [0.3, 0.4) is 0 Å². The Balaban J connectivity index is 1.34. The third kappa shape index (κ3) is 5.03. The van der Waals surface area contributed by atoms with E-state index in [4.69, 9.17) is 23.5 Å². The number of piperidine rings is 1. The molecule has 4 rings (SSSR count). The van der Waals surface area contributed by atoms with Crippen LogP contribution in [0.15, 0.2) is 47.0 Å². The van der Waals surface area contributed by atoms with Crippen molar-refractivity contribution in [2.45, 2.75) is 32.1 Å². The van der Waals surface area contributed by atoms with Crippen molar-refractivity contribution in [1.29, 1.82) is 0 Å². The van der Waals surface area contributed by atoms with E-state index in [0.29, 0.717) is 47.7 Å². The van der Waals surface area contributed by atoms with E-state index in [0.717, 1.165) is 25.9 Å². The highest BCUT2D eigenvalue weighted by molar-refractivity contribution is 5.71. The second-order valence-electron chi connectivity index (χ2n) is 7.67. The third-order valence-corrected chi connectivity index (χ3v) is 5.64. The number of aromatic nitrogens is 2. The largest absolute Gasteiger partial charge is 0.493 e. The van der Waals surface area contributed by atoms with E-state index < -0.39 is 0 Å². The van der Waals surface area contributed by atoms with Crippen molar-refractivity contribution >= 4 is 0 Å². The highest BCUT2D eigenvalue weighted by atomic mass is 16.5. The summed E-state index contributed by atoms with van der Waals surface area (Å²) in [4.78, 5) is 6.89. The van der Waals surface area contributed by atoms with Gasteiger partial charge in [0.2, 0.25) is 17.5 Å². The Morgan fingerprint density at radius 1 is 0.938 bits per heavy atom. The third-order valence-electron chi connectivity index (χ3n) is 5.64. The van der Waals surface area contributed by atoms with E-state index in [2.05, 4.69) is 27.2 Å². The van der Waals surface area contributed by atoms with Crippen LogP contribution in [0.25, 0.3) is 11.4 Å². The zero-order valence-electron chi connectivity index (χ0n) is 18.7. The molecule has 1 aliphatic rings. The molecule has 1 fully saturated rings. The van der Waals surface area contributed by atoms with E-state index in [9.17, 15) is 0 Å². The van der Waals surface area contributed by atoms with E-state index in [-0.39, 0.29) is 6.10 Å². The van der Waals surface area contributed by atoms with Gasteiger partial charge in [-0.25, -0.2) is 0 Å². The molecule has 0 bridgehead atoms. The molecule has 0 atom stereocenters. The van der Waals surface area contributed by atoms with Gasteiger partial charge in [0.1, 0.15) is 0 Å². The Labute approximate surface area is 188 Å². The van der Waals surface area contributed by atoms with Crippen LogP contribution >= 0.6 is 0 Å². The van der Waals surface area contributed by atoms with Gasteiger partial charge in [-0.3, -0.25) is 4.90 Å². The normalized spacial score (nSPS) is 15.0. The number of hydrogen-bond acceptors (Lipinski definition) is 8. The zero-order valence-corrected chi connectivity index (χ0v) is 18.7. The number of nitrogens with zero attached hydrogens (tertiary/aromatic N) is 3. The van der Waals surface area contributed by atoms with Gasteiger partial charge in [-0.15, -0.1) is 0 Å². The summed E-state index contributed by atoms with van der Waals surface area (Å²) < 4.78 is 27.9. The van der Waals surface area contributed by atoms with Gasteiger partial charge >= 0.3 is 0 Å². The quantitative estimate of drug-likeness (QED) is 0.496. The average Bonchev–Trinajstić information content (AvgIpc) is 3.31. The molecule has 32 heavy (non-hydrogen) atoms. The molecule has 1 aliphatic heterocycles. The van der Waals surface area contributed by atoms with Crippen LogP contribution in [0.5, 0.6) is 17.2 Å². The maximum Gasteiger partial charge on any atom is 0.241 e. The van der Waals surface area contributed by atoms with E-state index in [1.54, 1.807) is 27.4 Å². The summed E-state index contributed by atoms with van der Waals surface area (Å²) in [5, 5.41) is 4.16. The number of hydrogen-bond donors (Lipinski definition) is 0. The first-order chi connectivity index (χ1) is 15.7. The number of methoxy groups -OCH3 is 3. The first-order valence-electron chi connectivity index (χ1n) is 10.7. The predicted octanol–water partition coefficient (Wildman–Crippen LogP) is 3.94. The van der Waals surface area contributed by atoms with Crippen molar-refractivity contribution in [3.8, 4) is 28.6 Å². The van der Waals surface area contributed by atoms with Gasteiger partial charge in [0, 0.05) is 13.1 Å². The molecule has 0 aliphatic carbocycles. The van der Waals surface area contributed by atoms with Crippen LogP contribution in [0.2, 0.25) is 0 Å². The standard InChI is InChI=1S/C24H29N3O5/c1-28-20-10-9-19(22(29-2)23(20)30-3)24-25-21(32-26-24)15-27-13-11-18(12-14-27)31-16-17-7-5-4-6-8-17/h4-10,18H,11-16H2,1-3H3. The van der Waals surface area contributed by atoms with Gasteiger partial charge in [-0.05, 0) is 30.5 Å². The summed E-state index contributed by atoms with van der Waals surface area (Å²) in [6.07, 6.45) is 2.25. The van der Waals surface area contributed by atoms with E-state index in [1.807, 2.05) is 24.3 Å². The van der Waals surface area contributed by atoms with Crippen LogP contribution in [-0.4, -0.2) is 55.6 Å². The lowest BCUT2D eigenvalue weighted by Gasteiger charge is -2.30. The maximum atomic E-state index is 6.08. The molecule has 1 aromatic heterocycles. The van der Waals surface area contributed by atoms with Gasteiger partial charge in [0.25, 0.3) is 0 Å². The Kier molecular flexibility index (Phi) is 7.24. The summed E-state index contributed by atoms with van der Waals surface area (Å²) in [6.45, 7) is 3.12. The lowest BCUT2D eigenvalue weighted by molar-refractivity contribution is -0.00555.